The second kappa shape index (κ2) is 21.3. The van der Waals surface area contributed by atoms with E-state index in [2.05, 4.69) is 28.8 Å². The number of nitrogens with two attached hydrogens (primary N) is 1. The highest BCUT2D eigenvalue weighted by Crippen LogP contribution is 2.45. The first kappa shape index (κ1) is 42.9. The number of hydrogen-bond acceptors (Lipinski definition) is 8. The maximum Gasteiger partial charge on any atom is 0.500 e. The first-order valence-electron chi connectivity index (χ1n) is 19.2. The van der Waals surface area contributed by atoms with E-state index in [0.717, 1.165) is 32.7 Å². The van der Waals surface area contributed by atoms with E-state index in [1.807, 2.05) is 96.1 Å². The molecule has 0 saturated carbocycles. The largest absolute Gasteiger partial charge is 0.500 e. The first-order valence-corrected chi connectivity index (χ1v) is 23.1. The van der Waals surface area contributed by atoms with Gasteiger partial charge in [-0.1, -0.05) is 66.7 Å². The summed E-state index contributed by atoms with van der Waals surface area (Å²) in [7, 11) is -5.98. The molecule has 0 atom stereocenters. The monoisotopic (exact) mass is 778 g/mol. The summed E-state index contributed by atoms with van der Waals surface area (Å²) in [5.41, 5.74) is 8.46. The van der Waals surface area contributed by atoms with E-state index in [9.17, 15) is 9.59 Å². The van der Waals surface area contributed by atoms with E-state index in [1.165, 1.54) is 0 Å². The fourth-order valence-corrected chi connectivity index (χ4v) is 12.1. The predicted molar refractivity (Wildman–Crippen MR) is 221 cm³/mol. The van der Waals surface area contributed by atoms with E-state index in [0.29, 0.717) is 82.5 Å². The molecule has 0 unspecified atom stereocenters. The van der Waals surface area contributed by atoms with Crippen LogP contribution in [0.3, 0.4) is 0 Å². The van der Waals surface area contributed by atoms with Crippen molar-refractivity contribution < 1.29 is 36.1 Å². The van der Waals surface area contributed by atoms with Crippen LogP contribution in [0.25, 0.3) is 32.7 Å². The lowest BCUT2D eigenvalue weighted by Crippen LogP contribution is -2.48. The molecular weight excluding hydrogens is 721 g/mol. The number of amides is 4. The number of carbonyl (C=O) groups excluding carboxylic acids is 2. The maximum absolute atomic E-state index is 14.7. The zero-order valence-electron chi connectivity index (χ0n) is 32.7. The summed E-state index contributed by atoms with van der Waals surface area (Å²) in [6.07, 6.45) is 1.06. The summed E-state index contributed by atoms with van der Waals surface area (Å²) in [6.45, 7) is 14.9. The number of urea groups is 2. The highest BCUT2D eigenvalue weighted by molar-refractivity contribution is 6.61. The lowest BCUT2D eigenvalue weighted by Gasteiger charge is -2.32. The number of anilines is 2. The second-order valence-corrected chi connectivity index (χ2v) is 17.9. The normalized spacial score (nSPS) is 12.0. The van der Waals surface area contributed by atoms with Crippen LogP contribution >= 0.6 is 0 Å². The van der Waals surface area contributed by atoms with Crippen molar-refractivity contribution in [1.82, 2.24) is 5.32 Å². The van der Waals surface area contributed by atoms with Gasteiger partial charge in [0, 0.05) is 70.4 Å². The van der Waals surface area contributed by atoms with Gasteiger partial charge in [0.15, 0.2) is 0 Å². The molecule has 0 radical (unpaired) electrons. The molecule has 54 heavy (non-hydrogen) atoms. The summed E-state index contributed by atoms with van der Waals surface area (Å²) in [6, 6.07) is 24.0. The topological polar surface area (TPSA) is 143 Å². The van der Waals surface area contributed by atoms with Crippen molar-refractivity contribution in [3.8, 4) is 11.1 Å². The lowest BCUT2D eigenvalue weighted by atomic mass is 9.91. The van der Waals surface area contributed by atoms with Crippen LogP contribution in [-0.4, -0.2) is 82.4 Å². The Morgan fingerprint density at radius 2 is 1.15 bits per heavy atom. The molecule has 14 heteroatoms. The van der Waals surface area contributed by atoms with Gasteiger partial charge in [0.25, 0.3) is 0 Å². The van der Waals surface area contributed by atoms with Crippen molar-refractivity contribution in [2.45, 2.75) is 66.5 Å². The third-order valence-corrected chi connectivity index (χ3v) is 15.1. The number of carbonyl (C=O) groups is 2. The molecule has 4 aromatic rings. The standard InChI is InChI=1S/C40H58N4O8Si2/c1-7-47-53(48-8-2,49-9-3)28-18-26-42-40(46)44(27-19-29-54(50-10-4,51-11-5)52-12-6)38-36(43-39(41)45)30-32-21-14-16-24-34(32)37(38)35-25-17-22-31-20-13-15-23-33(31)35/h13-17,20-25,30H,7-12,18-19,26-29H2,1-6H3,(H,42,46)(H3,41,43,45). The van der Waals surface area contributed by atoms with Crippen molar-refractivity contribution in [3.05, 3.63) is 72.8 Å². The average Bonchev–Trinajstić information content (AvgIpc) is 3.15. The van der Waals surface area contributed by atoms with Gasteiger partial charge in [0.05, 0.1) is 11.4 Å². The minimum atomic E-state index is -3.06. The number of fused-ring (bicyclic) bond motifs is 2. The molecule has 0 saturated heterocycles. The fourth-order valence-electron chi connectivity index (χ4n) is 6.93. The molecule has 0 bridgehead atoms. The van der Waals surface area contributed by atoms with E-state index in [4.69, 9.17) is 32.3 Å². The zero-order chi connectivity index (χ0) is 39.0. The molecule has 0 fully saturated rings. The fraction of sp³-hybridized carbons (Fsp3) is 0.450. The molecule has 294 valence electrons. The molecule has 0 aromatic heterocycles. The molecule has 4 aromatic carbocycles. The van der Waals surface area contributed by atoms with E-state index in [1.54, 1.807) is 4.90 Å². The second-order valence-electron chi connectivity index (χ2n) is 12.4. The van der Waals surface area contributed by atoms with Gasteiger partial charge in [-0.2, -0.15) is 0 Å². The van der Waals surface area contributed by atoms with Gasteiger partial charge in [-0.15, -0.1) is 0 Å². The lowest BCUT2D eigenvalue weighted by molar-refractivity contribution is 0.0702. The number of benzene rings is 4. The molecule has 0 aliphatic rings. The van der Waals surface area contributed by atoms with Crippen molar-refractivity contribution in [3.63, 3.8) is 0 Å². The van der Waals surface area contributed by atoms with Crippen molar-refractivity contribution >= 4 is 62.6 Å². The number of hydrogen-bond donors (Lipinski definition) is 3. The molecule has 4 amide bonds. The Balaban J connectivity index is 1.86. The molecule has 0 spiro atoms. The molecule has 0 aliphatic heterocycles. The Hall–Kier alpha value is -3.87. The third-order valence-electron chi connectivity index (χ3n) is 8.84. The van der Waals surface area contributed by atoms with Gasteiger partial charge in [0.2, 0.25) is 0 Å². The number of nitrogens with one attached hydrogen (secondary N) is 2. The highest BCUT2D eigenvalue weighted by Gasteiger charge is 2.41. The van der Waals surface area contributed by atoms with Gasteiger partial charge in [-0.05, 0) is 87.6 Å². The van der Waals surface area contributed by atoms with Crippen LogP contribution in [0.1, 0.15) is 54.4 Å². The summed E-state index contributed by atoms with van der Waals surface area (Å²) >= 11 is 0. The molecule has 0 aliphatic carbocycles. The Morgan fingerprint density at radius 1 is 0.648 bits per heavy atom. The first-order chi connectivity index (χ1) is 26.2. The number of primary amides is 1. The van der Waals surface area contributed by atoms with Gasteiger partial charge in [-0.25, -0.2) is 9.59 Å². The van der Waals surface area contributed by atoms with E-state index < -0.39 is 23.6 Å². The van der Waals surface area contributed by atoms with Crippen LogP contribution in [-0.2, 0) is 26.6 Å². The summed E-state index contributed by atoms with van der Waals surface area (Å²) < 4.78 is 36.7. The van der Waals surface area contributed by atoms with Crippen molar-refractivity contribution in [2.75, 3.05) is 62.9 Å². The van der Waals surface area contributed by atoms with Crippen molar-refractivity contribution in [1.29, 1.82) is 0 Å². The molecule has 4 N–H and O–H groups in total. The highest BCUT2D eigenvalue weighted by atomic mass is 28.4. The van der Waals surface area contributed by atoms with E-state index >= 15 is 0 Å². The SMILES string of the molecule is CCO[Si](CCCNC(=O)N(CCC[Si](OCC)(OCC)OCC)c1c(NC(N)=O)cc2ccccc2c1-c1cccc2ccccc12)(OCC)OCC. The van der Waals surface area contributed by atoms with Gasteiger partial charge in [-0.3, -0.25) is 4.90 Å². The third kappa shape index (κ3) is 10.9. The van der Waals surface area contributed by atoms with Crippen LogP contribution in [0, 0.1) is 0 Å². The Labute approximate surface area is 322 Å². The number of nitrogens with zero attached hydrogens (tertiary/aromatic N) is 1. The molecule has 4 rings (SSSR count). The Morgan fingerprint density at radius 3 is 1.70 bits per heavy atom. The zero-order valence-corrected chi connectivity index (χ0v) is 34.7. The summed E-state index contributed by atoms with van der Waals surface area (Å²) in [5.74, 6) is 0. The van der Waals surface area contributed by atoms with Crippen LogP contribution < -0.4 is 21.3 Å². The molecular formula is C40H58N4O8Si2. The maximum atomic E-state index is 14.7. The minimum Gasteiger partial charge on any atom is -0.374 e. The average molecular weight is 779 g/mol. The number of rotatable bonds is 23. The quantitative estimate of drug-likeness (QED) is 0.0503. The summed E-state index contributed by atoms with van der Waals surface area (Å²) in [4.78, 5) is 29.1. The predicted octanol–water partition coefficient (Wildman–Crippen LogP) is 8.54. The summed E-state index contributed by atoms with van der Waals surface area (Å²) in [5, 5.41) is 9.87. The Bertz CT molecular complexity index is 1770. The van der Waals surface area contributed by atoms with Crippen LogP contribution in [0.2, 0.25) is 12.1 Å². The van der Waals surface area contributed by atoms with Crippen LogP contribution in [0.5, 0.6) is 0 Å². The minimum absolute atomic E-state index is 0.257. The molecule has 0 heterocycles. The van der Waals surface area contributed by atoms with Gasteiger partial charge >= 0.3 is 29.7 Å². The van der Waals surface area contributed by atoms with Gasteiger partial charge < -0.3 is 42.9 Å². The Kier molecular flexibility index (Phi) is 16.9. The smallest absolute Gasteiger partial charge is 0.374 e. The van der Waals surface area contributed by atoms with Crippen molar-refractivity contribution in [2.24, 2.45) is 5.73 Å². The van der Waals surface area contributed by atoms with E-state index in [-0.39, 0.29) is 12.6 Å². The molecule has 12 nitrogen and oxygen atoms in total. The van der Waals surface area contributed by atoms with Crippen LogP contribution in [0.4, 0.5) is 21.0 Å². The van der Waals surface area contributed by atoms with Gasteiger partial charge in [0.1, 0.15) is 0 Å². The van der Waals surface area contributed by atoms with Crippen LogP contribution in [0.15, 0.2) is 72.8 Å².